The fourth-order valence-corrected chi connectivity index (χ4v) is 2.38. The number of hydrogen-bond acceptors (Lipinski definition) is 3. The van der Waals surface area contributed by atoms with E-state index >= 15 is 0 Å². The highest BCUT2D eigenvalue weighted by Crippen LogP contribution is 2.14. The largest absolute Gasteiger partial charge is 0.388 e. The second-order valence-corrected chi connectivity index (χ2v) is 6.06. The third kappa shape index (κ3) is 6.60. The van der Waals surface area contributed by atoms with Crippen molar-refractivity contribution in [2.24, 2.45) is 4.99 Å². The summed E-state index contributed by atoms with van der Waals surface area (Å²) in [5.41, 5.74) is 1.55. The molecular weight excluding hydrogens is 290 g/mol. The van der Waals surface area contributed by atoms with Crippen molar-refractivity contribution >= 4 is 5.96 Å². The van der Waals surface area contributed by atoms with Gasteiger partial charge in [0.05, 0.1) is 17.8 Å². The first-order valence-corrected chi connectivity index (χ1v) is 8.69. The van der Waals surface area contributed by atoms with Crippen LogP contribution in [0.15, 0.2) is 11.1 Å². The molecule has 3 N–H and O–H groups in total. The number of rotatable bonds is 9. The second-order valence-electron chi connectivity index (χ2n) is 6.06. The Balaban J connectivity index is 2.45. The number of aliphatic hydroxyl groups is 1. The Morgan fingerprint density at radius 1 is 1.26 bits per heavy atom. The van der Waals surface area contributed by atoms with Gasteiger partial charge in [-0.05, 0) is 46.1 Å². The zero-order valence-electron chi connectivity index (χ0n) is 15.3. The van der Waals surface area contributed by atoms with Crippen LogP contribution in [0.3, 0.4) is 0 Å². The standard InChI is InChI=1S/C17H33N5O/c1-6-17(23,7-2)13-20-16(18-8-3)19-10-9-11-22-15(5)12-14(4)21-22/h12,23H,6-11,13H2,1-5H3,(H2,18,19,20). The lowest BCUT2D eigenvalue weighted by molar-refractivity contribution is 0.0418. The van der Waals surface area contributed by atoms with Gasteiger partial charge in [0.15, 0.2) is 5.96 Å². The summed E-state index contributed by atoms with van der Waals surface area (Å²) in [6.07, 6.45) is 2.40. The van der Waals surface area contributed by atoms with E-state index in [-0.39, 0.29) is 0 Å². The quantitative estimate of drug-likeness (QED) is 0.369. The molecule has 0 atom stereocenters. The smallest absolute Gasteiger partial charge is 0.191 e. The normalized spacial score (nSPS) is 12.5. The number of aliphatic imine (C=N–C) groups is 1. The Hall–Kier alpha value is -1.56. The van der Waals surface area contributed by atoms with Crippen molar-refractivity contribution in [3.63, 3.8) is 0 Å². The van der Waals surface area contributed by atoms with Crippen LogP contribution in [0.5, 0.6) is 0 Å². The van der Waals surface area contributed by atoms with Gasteiger partial charge in [-0.3, -0.25) is 9.67 Å². The number of guanidine groups is 1. The molecule has 0 aliphatic heterocycles. The Morgan fingerprint density at radius 3 is 2.48 bits per heavy atom. The van der Waals surface area contributed by atoms with E-state index in [4.69, 9.17) is 0 Å². The molecule has 1 aromatic rings. The summed E-state index contributed by atoms with van der Waals surface area (Å²) in [6.45, 7) is 13.1. The third-order valence-electron chi connectivity index (χ3n) is 4.13. The summed E-state index contributed by atoms with van der Waals surface area (Å²) >= 11 is 0. The van der Waals surface area contributed by atoms with Gasteiger partial charge in [-0.25, -0.2) is 0 Å². The Bertz CT molecular complexity index is 491. The van der Waals surface area contributed by atoms with Crippen LogP contribution in [0.25, 0.3) is 0 Å². The molecular formula is C17H33N5O. The van der Waals surface area contributed by atoms with Crippen LogP contribution < -0.4 is 10.6 Å². The number of aromatic nitrogens is 2. The maximum Gasteiger partial charge on any atom is 0.191 e. The van der Waals surface area contributed by atoms with E-state index in [2.05, 4.69) is 33.7 Å². The van der Waals surface area contributed by atoms with Gasteiger partial charge in [0.25, 0.3) is 0 Å². The van der Waals surface area contributed by atoms with Crippen LogP contribution in [0.2, 0.25) is 0 Å². The van der Waals surface area contributed by atoms with E-state index in [1.165, 1.54) is 5.69 Å². The molecule has 6 heteroatoms. The minimum Gasteiger partial charge on any atom is -0.388 e. The topological polar surface area (TPSA) is 74.5 Å². The number of aryl methyl sites for hydroxylation is 3. The maximum atomic E-state index is 10.3. The SMILES string of the molecule is CCNC(=NCC(O)(CC)CC)NCCCn1nc(C)cc1C. The van der Waals surface area contributed by atoms with Gasteiger partial charge in [-0.15, -0.1) is 0 Å². The molecule has 0 amide bonds. The lowest BCUT2D eigenvalue weighted by Crippen LogP contribution is -2.40. The average Bonchev–Trinajstić information content (AvgIpc) is 2.86. The minimum atomic E-state index is -0.702. The number of nitrogens with zero attached hydrogens (tertiary/aromatic N) is 3. The van der Waals surface area contributed by atoms with Crippen LogP contribution in [0.4, 0.5) is 0 Å². The molecule has 0 saturated heterocycles. The molecule has 0 aliphatic rings. The van der Waals surface area contributed by atoms with E-state index in [1.807, 2.05) is 32.4 Å². The highest BCUT2D eigenvalue weighted by molar-refractivity contribution is 5.79. The molecule has 23 heavy (non-hydrogen) atoms. The van der Waals surface area contributed by atoms with Crippen molar-refractivity contribution in [2.75, 3.05) is 19.6 Å². The first kappa shape index (κ1) is 19.5. The molecule has 1 heterocycles. The van der Waals surface area contributed by atoms with Crippen LogP contribution in [0, 0.1) is 13.8 Å². The summed E-state index contributed by atoms with van der Waals surface area (Å²) in [7, 11) is 0. The van der Waals surface area contributed by atoms with E-state index in [1.54, 1.807) is 0 Å². The van der Waals surface area contributed by atoms with Gasteiger partial charge in [-0.2, -0.15) is 5.10 Å². The Kier molecular flexibility index (Phi) is 8.09. The number of nitrogens with one attached hydrogen (secondary N) is 2. The molecule has 0 radical (unpaired) electrons. The van der Waals surface area contributed by atoms with Crippen LogP contribution in [0.1, 0.15) is 51.4 Å². The van der Waals surface area contributed by atoms with Gasteiger partial charge >= 0.3 is 0 Å². The monoisotopic (exact) mass is 323 g/mol. The predicted octanol–water partition coefficient (Wildman–Crippen LogP) is 2.00. The maximum absolute atomic E-state index is 10.3. The number of hydrogen-bond donors (Lipinski definition) is 3. The zero-order chi connectivity index (χ0) is 17.3. The van der Waals surface area contributed by atoms with Crippen LogP contribution in [-0.2, 0) is 6.54 Å². The first-order valence-electron chi connectivity index (χ1n) is 8.69. The van der Waals surface area contributed by atoms with Gasteiger partial charge < -0.3 is 15.7 Å². The fourth-order valence-electron chi connectivity index (χ4n) is 2.38. The van der Waals surface area contributed by atoms with Crippen molar-refractivity contribution in [3.05, 3.63) is 17.5 Å². The molecule has 0 unspecified atom stereocenters. The molecule has 0 fully saturated rings. The lowest BCUT2D eigenvalue weighted by Gasteiger charge is -2.23. The van der Waals surface area contributed by atoms with Crippen LogP contribution in [-0.4, -0.2) is 46.1 Å². The van der Waals surface area contributed by atoms with Gasteiger partial charge in [0, 0.05) is 25.3 Å². The molecule has 132 valence electrons. The molecule has 0 aliphatic carbocycles. The van der Waals surface area contributed by atoms with Crippen molar-refractivity contribution < 1.29 is 5.11 Å². The van der Waals surface area contributed by atoms with Gasteiger partial charge in [-0.1, -0.05) is 13.8 Å². The fraction of sp³-hybridized carbons (Fsp3) is 0.765. The van der Waals surface area contributed by atoms with Crippen LogP contribution >= 0.6 is 0 Å². The summed E-state index contributed by atoms with van der Waals surface area (Å²) in [5, 5.41) is 21.3. The second kappa shape index (κ2) is 9.55. The lowest BCUT2D eigenvalue weighted by atomic mass is 9.98. The zero-order valence-corrected chi connectivity index (χ0v) is 15.3. The molecule has 0 aromatic carbocycles. The average molecular weight is 323 g/mol. The Morgan fingerprint density at radius 2 is 1.96 bits per heavy atom. The molecule has 0 saturated carbocycles. The van der Waals surface area contributed by atoms with E-state index in [0.29, 0.717) is 19.4 Å². The van der Waals surface area contributed by atoms with E-state index < -0.39 is 5.60 Å². The Labute approximate surface area is 140 Å². The van der Waals surface area contributed by atoms with E-state index in [9.17, 15) is 5.11 Å². The highest BCUT2D eigenvalue weighted by Gasteiger charge is 2.21. The van der Waals surface area contributed by atoms with Crippen molar-refractivity contribution in [3.8, 4) is 0 Å². The molecule has 0 spiro atoms. The van der Waals surface area contributed by atoms with Gasteiger partial charge in [0.1, 0.15) is 0 Å². The van der Waals surface area contributed by atoms with Crippen molar-refractivity contribution in [1.29, 1.82) is 0 Å². The van der Waals surface area contributed by atoms with E-state index in [0.717, 1.165) is 37.7 Å². The third-order valence-corrected chi connectivity index (χ3v) is 4.13. The predicted molar refractivity (Wildman–Crippen MR) is 95.8 cm³/mol. The highest BCUT2D eigenvalue weighted by atomic mass is 16.3. The summed E-state index contributed by atoms with van der Waals surface area (Å²) in [6, 6.07) is 2.09. The minimum absolute atomic E-state index is 0.423. The summed E-state index contributed by atoms with van der Waals surface area (Å²) in [5.74, 6) is 0.765. The molecule has 6 nitrogen and oxygen atoms in total. The summed E-state index contributed by atoms with van der Waals surface area (Å²) in [4.78, 5) is 4.52. The molecule has 1 aromatic heterocycles. The van der Waals surface area contributed by atoms with Gasteiger partial charge in [0.2, 0.25) is 0 Å². The van der Waals surface area contributed by atoms with Crippen molar-refractivity contribution in [2.45, 2.75) is 66.0 Å². The molecule has 1 rings (SSSR count). The van der Waals surface area contributed by atoms with Crippen molar-refractivity contribution in [1.82, 2.24) is 20.4 Å². The molecule has 0 bridgehead atoms. The first-order chi connectivity index (χ1) is 10.9. The summed E-state index contributed by atoms with van der Waals surface area (Å²) < 4.78 is 2.04.